The van der Waals surface area contributed by atoms with Crippen molar-refractivity contribution >= 4 is 17.2 Å². The van der Waals surface area contributed by atoms with Crippen molar-refractivity contribution in [1.29, 1.82) is 0 Å². The number of carbonyl (C=O) groups is 1. The second kappa shape index (κ2) is 7.31. The summed E-state index contributed by atoms with van der Waals surface area (Å²) in [7, 11) is 1.61. The Balaban J connectivity index is 1.98. The van der Waals surface area contributed by atoms with Crippen LogP contribution in [0.1, 0.15) is 54.6 Å². The van der Waals surface area contributed by atoms with Crippen LogP contribution >= 0.6 is 0 Å². The number of non-ortho nitro benzene ring substituents is 1. The van der Waals surface area contributed by atoms with Crippen LogP contribution in [0, 0.1) is 10.1 Å². The molecule has 0 N–H and O–H groups in total. The predicted molar refractivity (Wildman–Crippen MR) is 104 cm³/mol. The number of nitro benzene ring substituents is 1. The highest BCUT2D eigenvalue weighted by atomic mass is 16.6. The van der Waals surface area contributed by atoms with E-state index in [-0.39, 0.29) is 23.4 Å². The lowest BCUT2D eigenvalue weighted by Crippen LogP contribution is -2.19. The van der Waals surface area contributed by atoms with Gasteiger partial charge in [0.15, 0.2) is 5.78 Å². The first-order chi connectivity index (χ1) is 12.9. The Morgan fingerprint density at radius 2 is 1.93 bits per heavy atom. The number of fused-ring (bicyclic) bond motifs is 1. The smallest absolute Gasteiger partial charge is 0.270 e. The summed E-state index contributed by atoms with van der Waals surface area (Å²) in [5.74, 6) is 0.529. The van der Waals surface area contributed by atoms with Gasteiger partial charge in [0.05, 0.1) is 29.7 Å². The lowest BCUT2D eigenvalue weighted by Gasteiger charge is -2.24. The maximum Gasteiger partial charge on any atom is 0.270 e. The van der Waals surface area contributed by atoms with Gasteiger partial charge in [0.25, 0.3) is 5.69 Å². The van der Waals surface area contributed by atoms with Gasteiger partial charge in [-0.25, -0.2) is 0 Å². The highest BCUT2D eigenvalue weighted by molar-refractivity contribution is 6.18. The maximum absolute atomic E-state index is 12.8. The van der Waals surface area contributed by atoms with Crippen molar-refractivity contribution in [2.24, 2.45) is 4.99 Å². The molecule has 3 rings (SSSR count). The number of rotatable bonds is 7. The van der Waals surface area contributed by atoms with E-state index in [4.69, 9.17) is 9.73 Å². The molecule has 1 aliphatic rings. The van der Waals surface area contributed by atoms with E-state index < -0.39 is 4.92 Å². The second-order valence-electron chi connectivity index (χ2n) is 6.62. The number of aliphatic imine (C=N–C) groups is 1. The fourth-order valence-electron chi connectivity index (χ4n) is 3.64. The molecule has 0 unspecified atom stereocenters. The molecule has 1 aliphatic heterocycles. The van der Waals surface area contributed by atoms with Gasteiger partial charge in [0.1, 0.15) is 5.75 Å². The number of nitro groups is 1. The van der Waals surface area contributed by atoms with Crippen LogP contribution in [-0.2, 0) is 5.54 Å². The molecule has 140 valence electrons. The predicted octanol–water partition coefficient (Wildman–Crippen LogP) is 4.69. The molecule has 6 nitrogen and oxygen atoms in total. The number of nitrogens with zero attached hydrogens (tertiary/aromatic N) is 2. The average molecular weight is 366 g/mol. The second-order valence-corrected chi connectivity index (χ2v) is 6.62. The normalized spacial score (nSPS) is 14.4. The lowest BCUT2D eigenvalue weighted by atomic mass is 9.84. The lowest BCUT2D eigenvalue weighted by molar-refractivity contribution is -0.384. The summed E-state index contributed by atoms with van der Waals surface area (Å²) in [5.41, 5.74) is 2.64. The van der Waals surface area contributed by atoms with Crippen LogP contribution in [0.2, 0.25) is 0 Å². The Labute approximate surface area is 158 Å². The summed E-state index contributed by atoms with van der Waals surface area (Å²) in [6, 6.07) is 11.7. The number of ketones is 1. The molecule has 0 radical (unpaired) electrons. The van der Waals surface area contributed by atoms with Crippen LogP contribution in [0.25, 0.3) is 0 Å². The minimum absolute atomic E-state index is 0.0901. The van der Waals surface area contributed by atoms with Crippen molar-refractivity contribution in [2.75, 3.05) is 7.11 Å². The Hall–Kier alpha value is -3.02. The van der Waals surface area contributed by atoms with Gasteiger partial charge in [-0.15, -0.1) is 0 Å². The van der Waals surface area contributed by atoms with Crippen LogP contribution in [-0.4, -0.2) is 23.5 Å². The summed E-state index contributed by atoms with van der Waals surface area (Å²) in [4.78, 5) is 28.2. The number of methoxy groups -OCH3 is 1. The van der Waals surface area contributed by atoms with Crippen molar-refractivity contribution in [3.8, 4) is 5.75 Å². The topological polar surface area (TPSA) is 81.8 Å². The van der Waals surface area contributed by atoms with Crippen LogP contribution in [0.5, 0.6) is 5.75 Å². The van der Waals surface area contributed by atoms with Crippen LogP contribution in [0.4, 0.5) is 5.69 Å². The van der Waals surface area contributed by atoms with Crippen molar-refractivity contribution in [3.05, 3.63) is 69.3 Å². The van der Waals surface area contributed by atoms with E-state index in [1.165, 1.54) is 18.2 Å². The Morgan fingerprint density at radius 1 is 1.19 bits per heavy atom. The van der Waals surface area contributed by atoms with Crippen molar-refractivity contribution in [1.82, 2.24) is 0 Å². The van der Waals surface area contributed by atoms with Gasteiger partial charge in [-0.3, -0.25) is 19.9 Å². The highest BCUT2D eigenvalue weighted by Crippen LogP contribution is 2.43. The van der Waals surface area contributed by atoms with Crippen LogP contribution < -0.4 is 4.74 Å². The third-order valence-electron chi connectivity index (χ3n) is 5.26. The fraction of sp³-hybridized carbons (Fsp3) is 0.333. The zero-order chi connectivity index (χ0) is 19.6. The van der Waals surface area contributed by atoms with Gasteiger partial charge < -0.3 is 4.74 Å². The van der Waals surface area contributed by atoms with Gasteiger partial charge in [-0.2, -0.15) is 0 Å². The molecule has 0 fully saturated rings. The number of ether oxygens (including phenoxy) is 1. The minimum atomic E-state index is -0.497. The van der Waals surface area contributed by atoms with E-state index in [2.05, 4.69) is 13.8 Å². The fourth-order valence-corrected chi connectivity index (χ4v) is 3.64. The van der Waals surface area contributed by atoms with Crippen molar-refractivity contribution in [2.45, 2.75) is 38.6 Å². The number of hydrogen-bond acceptors (Lipinski definition) is 5. The summed E-state index contributed by atoms with van der Waals surface area (Å²) in [6.07, 6.45) is 1.76. The molecule has 2 aromatic rings. The monoisotopic (exact) mass is 366 g/mol. The van der Waals surface area contributed by atoms with E-state index >= 15 is 0 Å². The zero-order valence-corrected chi connectivity index (χ0v) is 15.7. The van der Waals surface area contributed by atoms with Gasteiger partial charge in [0, 0.05) is 23.3 Å². The van der Waals surface area contributed by atoms with E-state index in [1.807, 2.05) is 18.2 Å². The van der Waals surface area contributed by atoms with Crippen molar-refractivity contribution in [3.63, 3.8) is 0 Å². The molecule has 0 atom stereocenters. The van der Waals surface area contributed by atoms with Crippen molar-refractivity contribution < 1.29 is 14.5 Å². The average Bonchev–Trinajstić information content (AvgIpc) is 3.01. The number of Topliss-reactive ketones (excluding diaryl/α,β-unsaturated/α-hetero) is 1. The molecule has 2 aromatic carbocycles. The zero-order valence-electron chi connectivity index (χ0n) is 15.7. The molecule has 0 bridgehead atoms. The summed E-state index contributed by atoms with van der Waals surface area (Å²) < 4.78 is 5.34. The molecule has 0 saturated carbocycles. The first-order valence-electron chi connectivity index (χ1n) is 8.99. The van der Waals surface area contributed by atoms with Gasteiger partial charge >= 0.3 is 0 Å². The largest absolute Gasteiger partial charge is 0.497 e. The molecule has 0 amide bonds. The third-order valence-corrected chi connectivity index (χ3v) is 5.26. The Kier molecular flexibility index (Phi) is 5.08. The quantitative estimate of drug-likeness (QED) is 0.404. The minimum Gasteiger partial charge on any atom is -0.497 e. The van der Waals surface area contributed by atoms with Crippen LogP contribution in [0.3, 0.4) is 0 Å². The summed E-state index contributed by atoms with van der Waals surface area (Å²) in [6.45, 7) is 4.18. The number of carbonyl (C=O) groups excluding carboxylic acids is 1. The van der Waals surface area contributed by atoms with Gasteiger partial charge in [-0.1, -0.05) is 32.0 Å². The number of hydrogen-bond donors (Lipinski definition) is 0. The maximum atomic E-state index is 12.8. The first kappa shape index (κ1) is 18.8. The van der Waals surface area contributed by atoms with Gasteiger partial charge in [0.2, 0.25) is 0 Å². The molecular weight excluding hydrogens is 344 g/mol. The molecule has 0 saturated heterocycles. The number of benzene rings is 2. The molecule has 27 heavy (non-hydrogen) atoms. The molecular formula is C21H22N2O4. The molecule has 0 aliphatic carbocycles. The molecule has 0 aromatic heterocycles. The molecule has 1 heterocycles. The van der Waals surface area contributed by atoms with E-state index in [0.29, 0.717) is 17.0 Å². The highest BCUT2D eigenvalue weighted by Gasteiger charge is 2.37. The SMILES string of the molecule is CCC1(CC)N=C(CC(=O)c2cccc([N+](=O)[O-])c2)c2cc(OC)ccc21. The van der Waals surface area contributed by atoms with E-state index in [9.17, 15) is 14.9 Å². The summed E-state index contributed by atoms with van der Waals surface area (Å²) >= 11 is 0. The van der Waals surface area contributed by atoms with E-state index in [0.717, 1.165) is 24.0 Å². The first-order valence-corrected chi connectivity index (χ1v) is 8.99. The Bertz CT molecular complexity index is 930. The molecule has 0 spiro atoms. The van der Waals surface area contributed by atoms with E-state index in [1.54, 1.807) is 13.2 Å². The third kappa shape index (κ3) is 3.35. The van der Waals surface area contributed by atoms with Gasteiger partial charge in [-0.05, 0) is 30.5 Å². The Morgan fingerprint density at radius 3 is 2.56 bits per heavy atom. The van der Waals surface area contributed by atoms with Crippen LogP contribution in [0.15, 0.2) is 47.5 Å². The molecule has 6 heteroatoms. The summed E-state index contributed by atoms with van der Waals surface area (Å²) in [5, 5.41) is 11.0. The standard InChI is InChI=1S/C21H22N2O4/c1-4-21(5-2)18-10-9-16(27-3)12-17(18)19(22-21)13-20(24)14-7-6-8-15(11-14)23(25)26/h6-12H,4-5,13H2,1-3H3.